The number of hydrogen-bond acceptors (Lipinski definition) is 9. The van der Waals surface area contributed by atoms with Crippen LogP contribution in [0.1, 0.15) is 10.6 Å². The van der Waals surface area contributed by atoms with Crippen LogP contribution >= 0.6 is 34.9 Å². The Morgan fingerprint density at radius 1 is 1.36 bits per heavy atom. The first-order valence-corrected chi connectivity index (χ1v) is 11.5. The Balaban J connectivity index is 1.53. The number of esters is 1. The maximum Gasteiger partial charge on any atom is 0.355 e. The molecule has 1 amide bonds. The number of ether oxygens (including phenoxy) is 1. The van der Waals surface area contributed by atoms with Gasteiger partial charge in [-0.25, -0.2) is 4.79 Å². The van der Waals surface area contributed by atoms with E-state index in [9.17, 15) is 9.59 Å². The van der Waals surface area contributed by atoms with Crippen LogP contribution in [0.5, 0.6) is 0 Å². The molecule has 0 saturated carbocycles. The molecule has 0 aliphatic carbocycles. The van der Waals surface area contributed by atoms with Crippen LogP contribution in [-0.2, 0) is 20.9 Å². The van der Waals surface area contributed by atoms with E-state index in [2.05, 4.69) is 10.2 Å². The van der Waals surface area contributed by atoms with Gasteiger partial charge in [-0.2, -0.15) is 0 Å². The fourth-order valence-electron chi connectivity index (χ4n) is 2.96. The number of nitrogens with zero attached hydrogens (tertiary/aromatic N) is 3. The third-order valence-electron chi connectivity index (χ3n) is 4.37. The summed E-state index contributed by atoms with van der Waals surface area (Å²) in [7, 11) is 0. The monoisotopic (exact) mass is 434 g/mol. The van der Waals surface area contributed by atoms with Crippen molar-refractivity contribution >= 4 is 46.7 Å². The Morgan fingerprint density at radius 3 is 2.86 bits per heavy atom. The summed E-state index contributed by atoms with van der Waals surface area (Å²) in [5.41, 5.74) is 7.99. The van der Waals surface area contributed by atoms with Crippen LogP contribution in [0.3, 0.4) is 0 Å². The van der Waals surface area contributed by atoms with Gasteiger partial charge in [0.2, 0.25) is 5.91 Å². The van der Waals surface area contributed by atoms with Crippen molar-refractivity contribution in [3.8, 4) is 0 Å². The first-order chi connectivity index (χ1) is 13.5. The summed E-state index contributed by atoms with van der Waals surface area (Å²) in [4.78, 5) is 26.7. The summed E-state index contributed by atoms with van der Waals surface area (Å²) in [6.07, 6.45) is 0. The molecule has 2 aliphatic rings. The molecule has 28 heavy (non-hydrogen) atoms. The molecule has 10 heteroatoms. The van der Waals surface area contributed by atoms with Crippen LogP contribution in [0.2, 0.25) is 0 Å². The number of amides is 1. The quantitative estimate of drug-likeness (QED) is 0.420. The summed E-state index contributed by atoms with van der Waals surface area (Å²) >= 11 is 4.59. The van der Waals surface area contributed by atoms with Crippen molar-refractivity contribution in [1.29, 1.82) is 0 Å². The summed E-state index contributed by atoms with van der Waals surface area (Å²) in [5.74, 6) is 0.447. The smallest absolute Gasteiger partial charge is 0.355 e. The van der Waals surface area contributed by atoms with Crippen molar-refractivity contribution in [2.45, 2.75) is 29.3 Å². The lowest BCUT2D eigenvalue weighted by molar-refractivity contribution is -0.151. The van der Waals surface area contributed by atoms with E-state index >= 15 is 0 Å². The minimum absolute atomic E-state index is 0.158. The lowest BCUT2D eigenvalue weighted by Gasteiger charge is -2.48. The average Bonchev–Trinajstić information content (AvgIpc) is 3.15. The number of thioether (sulfide) groups is 2. The van der Waals surface area contributed by atoms with Gasteiger partial charge in [0.1, 0.15) is 28.7 Å². The SMILES string of the molecule is Cc1nnc(SCC2=C(C(=O)OCc3ccccc3)N3C(=O)C(N)[C@@H]3SC2)s1. The van der Waals surface area contributed by atoms with Crippen LogP contribution in [-0.4, -0.2) is 49.9 Å². The average molecular weight is 435 g/mol. The van der Waals surface area contributed by atoms with E-state index in [1.165, 1.54) is 28.0 Å². The van der Waals surface area contributed by atoms with Crippen molar-refractivity contribution in [2.75, 3.05) is 11.5 Å². The first-order valence-electron chi connectivity index (χ1n) is 8.61. The molecule has 1 aromatic heterocycles. The predicted molar refractivity (Wildman–Crippen MR) is 110 cm³/mol. The number of carbonyl (C=O) groups excluding carboxylic acids is 2. The number of aryl methyl sites for hydroxylation is 1. The van der Waals surface area contributed by atoms with E-state index in [1.807, 2.05) is 37.3 Å². The Kier molecular flexibility index (Phi) is 5.72. The Hall–Kier alpha value is -1.88. The highest BCUT2D eigenvalue weighted by atomic mass is 32.2. The molecule has 1 saturated heterocycles. The van der Waals surface area contributed by atoms with E-state index in [1.54, 1.807) is 11.8 Å². The molecule has 146 valence electrons. The van der Waals surface area contributed by atoms with Gasteiger partial charge in [0, 0.05) is 11.5 Å². The maximum absolute atomic E-state index is 12.9. The van der Waals surface area contributed by atoms with Crippen molar-refractivity contribution in [3.05, 3.63) is 52.2 Å². The predicted octanol–water partition coefficient (Wildman–Crippen LogP) is 2.18. The van der Waals surface area contributed by atoms with E-state index in [0.29, 0.717) is 17.2 Å². The maximum atomic E-state index is 12.9. The molecule has 3 heterocycles. The van der Waals surface area contributed by atoms with Gasteiger partial charge >= 0.3 is 5.97 Å². The summed E-state index contributed by atoms with van der Waals surface area (Å²) in [5, 5.41) is 8.80. The minimum atomic E-state index is -0.568. The molecule has 0 bridgehead atoms. The number of aromatic nitrogens is 2. The molecule has 1 fully saturated rings. The van der Waals surface area contributed by atoms with Crippen molar-refractivity contribution in [2.24, 2.45) is 5.73 Å². The van der Waals surface area contributed by atoms with Gasteiger partial charge in [0.15, 0.2) is 4.34 Å². The van der Waals surface area contributed by atoms with Gasteiger partial charge in [-0.05, 0) is 18.1 Å². The van der Waals surface area contributed by atoms with Crippen LogP contribution in [0.25, 0.3) is 0 Å². The van der Waals surface area contributed by atoms with Crippen LogP contribution in [0.15, 0.2) is 45.9 Å². The van der Waals surface area contributed by atoms with Crippen molar-refractivity contribution < 1.29 is 14.3 Å². The molecule has 0 spiro atoms. The standard InChI is InChI=1S/C18H18N4O3S3/c1-10-20-21-18(28-10)27-9-12-8-26-16-13(19)15(23)22(16)14(12)17(24)25-7-11-5-3-2-4-6-11/h2-6,13,16H,7-9,19H2,1H3/t13?,16-/m0/s1. The summed E-state index contributed by atoms with van der Waals surface area (Å²) < 4.78 is 6.35. The Labute approximate surface area is 174 Å². The highest BCUT2D eigenvalue weighted by Gasteiger charge is 2.52. The zero-order valence-electron chi connectivity index (χ0n) is 15.0. The molecule has 4 rings (SSSR count). The molecule has 1 aromatic carbocycles. The fraction of sp³-hybridized carbons (Fsp3) is 0.333. The van der Waals surface area contributed by atoms with Gasteiger partial charge < -0.3 is 10.5 Å². The first kappa shape index (κ1) is 19.4. The summed E-state index contributed by atoms with van der Waals surface area (Å²) in [6.45, 7) is 2.06. The third-order valence-corrected chi connectivity index (χ3v) is 7.79. The number of hydrogen-bond donors (Lipinski definition) is 1. The van der Waals surface area contributed by atoms with Crippen molar-refractivity contribution in [3.63, 3.8) is 0 Å². The van der Waals surface area contributed by atoms with Crippen LogP contribution < -0.4 is 5.73 Å². The lowest BCUT2D eigenvalue weighted by Crippen LogP contribution is -2.68. The Morgan fingerprint density at radius 2 is 2.14 bits per heavy atom. The zero-order chi connectivity index (χ0) is 19.7. The van der Waals surface area contributed by atoms with Gasteiger partial charge in [-0.1, -0.05) is 53.4 Å². The van der Waals surface area contributed by atoms with E-state index in [4.69, 9.17) is 10.5 Å². The summed E-state index contributed by atoms with van der Waals surface area (Å²) in [6, 6.07) is 8.89. The van der Waals surface area contributed by atoms with Crippen LogP contribution in [0.4, 0.5) is 0 Å². The van der Waals surface area contributed by atoms with Crippen molar-refractivity contribution in [1.82, 2.24) is 15.1 Å². The minimum Gasteiger partial charge on any atom is -0.456 e. The number of β-lactam (4-membered cyclic amide) rings is 1. The number of carbonyl (C=O) groups is 2. The molecule has 2 N–H and O–H groups in total. The highest BCUT2D eigenvalue weighted by Crippen LogP contribution is 2.41. The van der Waals surface area contributed by atoms with Gasteiger partial charge in [0.05, 0.1) is 0 Å². The number of fused-ring (bicyclic) bond motifs is 1. The molecular weight excluding hydrogens is 416 g/mol. The molecule has 0 radical (unpaired) electrons. The van der Waals surface area contributed by atoms with Gasteiger partial charge in [-0.3, -0.25) is 9.69 Å². The molecule has 2 atom stereocenters. The number of nitrogens with two attached hydrogens (primary N) is 1. The molecule has 7 nitrogen and oxygen atoms in total. The second-order valence-electron chi connectivity index (χ2n) is 6.33. The van der Waals surface area contributed by atoms with E-state index in [0.717, 1.165) is 20.5 Å². The number of benzene rings is 1. The normalized spacial score (nSPS) is 21.4. The zero-order valence-corrected chi connectivity index (χ0v) is 17.5. The van der Waals surface area contributed by atoms with Gasteiger partial charge in [0.25, 0.3) is 0 Å². The fourth-order valence-corrected chi connectivity index (χ4v) is 6.20. The topological polar surface area (TPSA) is 98.4 Å². The third kappa shape index (κ3) is 3.82. The highest BCUT2D eigenvalue weighted by molar-refractivity contribution is 8.01. The second-order valence-corrected chi connectivity index (χ2v) is 9.83. The molecule has 1 unspecified atom stereocenters. The molecular formula is C18H18N4O3S3. The van der Waals surface area contributed by atoms with E-state index < -0.39 is 12.0 Å². The molecule has 2 aliphatic heterocycles. The lowest BCUT2D eigenvalue weighted by atomic mass is 10.0. The largest absolute Gasteiger partial charge is 0.456 e. The molecule has 2 aromatic rings. The second kappa shape index (κ2) is 8.24. The van der Waals surface area contributed by atoms with E-state index in [-0.39, 0.29) is 17.9 Å². The van der Waals surface area contributed by atoms with Crippen LogP contribution in [0, 0.1) is 6.92 Å². The van der Waals surface area contributed by atoms with Gasteiger partial charge in [-0.15, -0.1) is 22.0 Å². The number of rotatable bonds is 6. The Bertz CT molecular complexity index is 931.